The van der Waals surface area contributed by atoms with E-state index in [0.29, 0.717) is 24.2 Å². The number of carbonyl (C=O) groups is 2. The largest absolute Gasteiger partial charge is 0.492 e. The predicted molar refractivity (Wildman–Crippen MR) is 110 cm³/mol. The summed E-state index contributed by atoms with van der Waals surface area (Å²) in [7, 11) is 9.57. The number of nitrogens with zero attached hydrogens (tertiary/aromatic N) is 1. The van der Waals surface area contributed by atoms with Gasteiger partial charge in [-0.3, -0.25) is 9.59 Å². The first kappa shape index (κ1) is 20.0. The van der Waals surface area contributed by atoms with Crippen LogP contribution in [0.25, 0.3) is 0 Å². The van der Waals surface area contributed by atoms with E-state index in [9.17, 15) is 9.59 Å². The van der Waals surface area contributed by atoms with Gasteiger partial charge >= 0.3 is 0 Å². The summed E-state index contributed by atoms with van der Waals surface area (Å²) < 4.78 is 5.80. The van der Waals surface area contributed by atoms with Gasteiger partial charge in [0.1, 0.15) is 5.75 Å². The van der Waals surface area contributed by atoms with Crippen molar-refractivity contribution in [1.29, 1.82) is 0 Å². The Balaban J connectivity index is 1.61. The summed E-state index contributed by atoms with van der Waals surface area (Å²) in [5, 5.41) is 2.85. The van der Waals surface area contributed by atoms with Gasteiger partial charge in [0.25, 0.3) is 5.91 Å². The highest BCUT2D eigenvalue weighted by molar-refractivity contribution is 6.13. The highest BCUT2D eigenvalue weighted by atomic mass is 16.5. The van der Waals surface area contributed by atoms with Crippen LogP contribution in [0.15, 0.2) is 42.5 Å². The van der Waals surface area contributed by atoms with Crippen LogP contribution < -0.4 is 10.1 Å². The van der Waals surface area contributed by atoms with Crippen molar-refractivity contribution in [3.8, 4) is 5.75 Å². The zero-order chi connectivity index (χ0) is 20.3. The normalized spacial score (nSPS) is 16.0. The van der Waals surface area contributed by atoms with E-state index < -0.39 is 5.94 Å². The highest BCUT2D eigenvalue weighted by Crippen LogP contribution is 2.38. The Morgan fingerprint density at radius 2 is 1.96 bits per heavy atom. The molecular weight excluding hydrogens is 351 g/mol. The van der Waals surface area contributed by atoms with E-state index in [1.165, 1.54) is 4.90 Å². The SMILES string of the molecule is [B][C@H](CC1COc2c(C)cccc21)NC(=O)Cc1ccccc1C(=O)N(C)C. The summed E-state index contributed by atoms with van der Waals surface area (Å²) in [6, 6.07) is 13.2. The van der Waals surface area contributed by atoms with Crippen molar-refractivity contribution in [1.82, 2.24) is 10.2 Å². The first-order chi connectivity index (χ1) is 13.4. The van der Waals surface area contributed by atoms with Gasteiger partial charge in [0.15, 0.2) is 0 Å². The van der Waals surface area contributed by atoms with Crippen molar-refractivity contribution in [2.75, 3.05) is 20.7 Å². The third kappa shape index (κ3) is 4.38. The van der Waals surface area contributed by atoms with Crippen LogP contribution in [0.5, 0.6) is 5.75 Å². The lowest BCUT2D eigenvalue weighted by Gasteiger charge is -2.19. The molecule has 6 heteroatoms. The number of para-hydroxylation sites is 1. The number of benzene rings is 2. The number of rotatable bonds is 6. The maximum atomic E-state index is 12.5. The molecule has 0 spiro atoms. The molecule has 28 heavy (non-hydrogen) atoms. The van der Waals surface area contributed by atoms with E-state index in [1.54, 1.807) is 32.3 Å². The molecule has 1 heterocycles. The molecule has 3 rings (SSSR count). The Hall–Kier alpha value is -2.76. The van der Waals surface area contributed by atoms with Gasteiger partial charge in [-0.05, 0) is 36.5 Å². The lowest BCUT2D eigenvalue weighted by molar-refractivity contribution is -0.120. The quantitative estimate of drug-likeness (QED) is 0.788. The Bertz CT molecular complexity index is 882. The molecule has 0 saturated carbocycles. The topological polar surface area (TPSA) is 58.6 Å². The molecule has 2 radical (unpaired) electrons. The van der Waals surface area contributed by atoms with Gasteiger partial charge in [-0.15, -0.1) is 0 Å². The van der Waals surface area contributed by atoms with Gasteiger partial charge in [-0.1, -0.05) is 36.4 Å². The fraction of sp³-hybridized carbons (Fsp3) is 0.364. The molecule has 0 fully saturated rings. The molecule has 144 valence electrons. The molecule has 1 aliphatic heterocycles. The van der Waals surface area contributed by atoms with Crippen molar-refractivity contribution in [2.24, 2.45) is 0 Å². The molecule has 2 amide bonds. The van der Waals surface area contributed by atoms with E-state index in [1.807, 2.05) is 25.1 Å². The number of fused-ring (bicyclic) bond motifs is 1. The van der Waals surface area contributed by atoms with Crippen molar-refractivity contribution in [3.05, 3.63) is 64.7 Å². The number of aryl methyl sites for hydroxylation is 1. The predicted octanol–water partition coefficient (Wildman–Crippen LogP) is 2.42. The maximum absolute atomic E-state index is 12.5. The summed E-state index contributed by atoms with van der Waals surface area (Å²) >= 11 is 0. The van der Waals surface area contributed by atoms with Crippen molar-refractivity contribution < 1.29 is 14.3 Å². The average molecular weight is 376 g/mol. The molecule has 5 nitrogen and oxygen atoms in total. The van der Waals surface area contributed by atoms with Crippen LogP contribution in [0.2, 0.25) is 0 Å². The highest BCUT2D eigenvalue weighted by Gasteiger charge is 2.27. The Morgan fingerprint density at radius 3 is 2.71 bits per heavy atom. The summed E-state index contributed by atoms with van der Waals surface area (Å²) in [4.78, 5) is 26.3. The number of ether oxygens (including phenoxy) is 1. The fourth-order valence-corrected chi connectivity index (χ4v) is 3.58. The van der Waals surface area contributed by atoms with E-state index in [2.05, 4.69) is 11.4 Å². The van der Waals surface area contributed by atoms with Gasteiger partial charge < -0.3 is 15.0 Å². The average Bonchev–Trinajstić information content (AvgIpc) is 3.05. The molecule has 2 atom stereocenters. The second kappa shape index (κ2) is 8.51. The molecule has 0 bridgehead atoms. The lowest BCUT2D eigenvalue weighted by Crippen LogP contribution is -2.37. The van der Waals surface area contributed by atoms with Crippen LogP contribution in [-0.2, 0) is 11.2 Å². The first-order valence-corrected chi connectivity index (χ1v) is 9.43. The number of carbonyl (C=O) groups excluding carboxylic acids is 2. The van der Waals surface area contributed by atoms with Gasteiger partial charge in [0.05, 0.1) is 20.9 Å². The van der Waals surface area contributed by atoms with Crippen LogP contribution in [0.4, 0.5) is 0 Å². The van der Waals surface area contributed by atoms with Gasteiger partial charge in [0.2, 0.25) is 5.91 Å². The Morgan fingerprint density at radius 1 is 1.21 bits per heavy atom. The standard InChI is InChI=1S/C22H25BN2O3/c1-14-7-6-10-17-16(13-28-21(14)17)11-19(23)24-20(26)12-15-8-4-5-9-18(15)22(27)25(2)3/h4-10,16,19H,11-13H2,1-3H3,(H,24,26)/t16?,19-/m0/s1. The fourth-order valence-electron chi connectivity index (χ4n) is 3.58. The van der Waals surface area contributed by atoms with E-state index in [-0.39, 0.29) is 24.2 Å². The van der Waals surface area contributed by atoms with Crippen molar-refractivity contribution in [3.63, 3.8) is 0 Å². The molecule has 0 aliphatic carbocycles. The molecule has 1 N–H and O–H groups in total. The molecule has 1 unspecified atom stereocenters. The van der Waals surface area contributed by atoms with E-state index in [4.69, 9.17) is 12.6 Å². The van der Waals surface area contributed by atoms with Crippen LogP contribution >= 0.6 is 0 Å². The third-order valence-corrected chi connectivity index (χ3v) is 5.00. The third-order valence-electron chi connectivity index (χ3n) is 5.00. The summed E-state index contributed by atoms with van der Waals surface area (Å²) in [6.07, 6.45) is 0.709. The van der Waals surface area contributed by atoms with Crippen molar-refractivity contribution >= 4 is 19.7 Å². The minimum atomic E-state index is -0.482. The van der Waals surface area contributed by atoms with Crippen LogP contribution in [0, 0.1) is 6.92 Å². The minimum Gasteiger partial charge on any atom is -0.492 e. The zero-order valence-corrected chi connectivity index (χ0v) is 16.6. The second-order valence-electron chi connectivity index (χ2n) is 7.44. The number of amides is 2. The summed E-state index contributed by atoms with van der Waals surface area (Å²) in [5.41, 5.74) is 3.48. The zero-order valence-electron chi connectivity index (χ0n) is 16.6. The lowest BCUT2D eigenvalue weighted by atomic mass is 9.84. The Labute approximate surface area is 167 Å². The number of nitrogens with one attached hydrogen (secondary N) is 1. The molecule has 2 aromatic rings. The molecule has 0 aromatic heterocycles. The van der Waals surface area contributed by atoms with E-state index in [0.717, 1.165) is 16.9 Å². The number of hydrogen-bond donors (Lipinski definition) is 1. The molecule has 1 aliphatic rings. The van der Waals surface area contributed by atoms with Crippen LogP contribution in [0.1, 0.15) is 39.4 Å². The monoisotopic (exact) mass is 376 g/mol. The van der Waals surface area contributed by atoms with Gasteiger partial charge in [0, 0.05) is 31.1 Å². The van der Waals surface area contributed by atoms with Gasteiger partial charge in [-0.2, -0.15) is 0 Å². The smallest absolute Gasteiger partial charge is 0.253 e. The Kier molecular flexibility index (Phi) is 6.07. The van der Waals surface area contributed by atoms with E-state index >= 15 is 0 Å². The minimum absolute atomic E-state index is 0.111. The van der Waals surface area contributed by atoms with Crippen LogP contribution in [0.3, 0.4) is 0 Å². The van der Waals surface area contributed by atoms with Gasteiger partial charge in [-0.25, -0.2) is 0 Å². The summed E-state index contributed by atoms with van der Waals surface area (Å²) in [6.45, 7) is 2.60. The number of hydrogen-bond acceptors (Lipinski definition) is 3. The second-order valence-corrected chi connectivity index (χ2v) is 7.44. The molecule has 2 aromatic carbocycles. The van der Waals surface area contributed by atoms with Crippen molar-refractivity contribution in [2.45, 2.75) is 31.6 Å². The molecular formula is C22H25BN2O3. The maximum Gasteiger partial charge on any atom is 0.253 e. The molecule has 0 saturated heterocycles. The first-order valence-electron chi connectivity index (χ1n) is 9.43. The van der Waals surface area contributed by atoms with Crippen LogP contribution in [-0.4, -0.2) is 51.2 Å². The summed E-state index contributed by atoms with van der Waals surface area (Å²) in [5.74, 6) is 0.289.